The maximum Gasteiger partial charge on any atom is 0.243 e. The number of benzene rings is 3. The fraction of sp³-hybridized carbons (Fsp3) is 0.259. The van der Waals surface area contributed by atoms with Crippen molar-refractivity contribution < 1.29 is 9.59 Å². The van der Waals surface area contributed by atoms with Crippen LogP contribution in [-0.2, 0) is 29.0 Å². The first-order valence-electron chi connectivity index (χ1n) is 11.2. The molecule has 2 amide bonds. The SMILES string of the molecule is CCCNC(=O)[C@H](Cc1ccccc1)N(Cc1ccccc1Cl)C(=O)Cc1ccc(Cl)c(Cl)c1. The van der Waals surface area contributed by atoms with Crippen molar-refractivity contribution in [3.05, 3.63) is 105 Å². The summed E-state index contributed by atoms with van der Waals surface area (Å²) in [5, 5.41) is 4.31. The fourth-order valence-corrected chi connectivity index (χ4v) is 4.17. The average molecular weight is 518 g/mol. The summed E-state index contributed by atoms with van der Waals surface area (Å²) in [6.07, 6.45) is 1.26. The third-order valence-corrected chi connectivity index (χ3v) is 6.57. The van der Waals surface area contributed by atoms with Gasteiger partial charge in [0.05, 0.1) is 16.5 Å². The Morgan fingerprint density at radius 1 is 0.853 bits per heavy atom. The Kier molecular flexibility index (Phi) is 9.82. The molecule has 0 spiro atoms. The van der Waals surface area contributed by atoms with Crippen molar-refractivity contribution in [3.63, 3.8) is 0 Å². The number of hydrogen-bond acceptors (Lipinski definition) is 2. The minimum absolute atomic E-state index is 0.0771. The van der Waals surface area contributed by atoms with Crippen molar-refractivity contribution in [2.75, 3.05) is 6.54 Å². The second kappa shape index (κ2) is 12.8. The van der Waals surface area contributed by atoms with Gasteiger partial charge in [-0.05, 0) is 41.3 Å². The highest BCUT2D eigenvalue weighted by Gasteiger charge is 2.30. The monoisotopic (exact) mass is 516 g/mol. The maximum atomic E-state index is 13.7. The molecule has 0 unspecified atom stereocenters. The third kappa shape index (κ3) is 7.23. The summed E-state index contributed by atoms with van der Waals surface area (Å²) < 4.78 is 0. The van der Waals surface area contributed by atoms with Crippen LogP contribution in [0.1, 0.15) is 30.0 Å². The van der Waals surface area contributed by atoms with Crippen molar-refractivity contribution >= 4 is 46.6 Å². The largest absolute Gasteiger partial charge is 0.354 e. The molecule has 0 fully saturated rings. The second-order valence-corrected chi connectivity index (χ2v) is 9.26. The lowest BCUT2D eigenvalue weighted by Crippen LogP contribution is -2.51. The van der Waals surface area contributed by atoms with Crippen molar-refractivity contribution in [2.45, 2.75) is 38.8 Å². The summed E-state index contributed by atoms with van der Waals surface area (Å²) in [7, 11) is 0. The summed E-state index contributed by atoms with van der Waals surface area (Å²) in [5.41, 5.74) is 2.45. The Hall–Kier alpha value is -2.53. The molecule has 178 valence electrons. The predicted octanol–water partition coefficient (Wildman–Crippen LogP) is 6.36. The minimum Gasteiger partial charge on any atom is -0.354 e. The number of carbonyl (C=O) groups is 2. The molecule has 0 heterocycles. The molecule has 0 aliphatic rings. The van der Waals surface area contributed by atoms with Crippen LogP contribution in [0.3, 0.4) is 0 Å². The van der Waals surface area contributed by atoms with E-state index in [1.807, 2.05) is 55.5 Å². The normalized spacial score (nSPS) is 11.6. The van der Waals surface area contributed by atoms with Crippen molar-refractivity contribution in [2.24, 2.45) is 0 Å². The van der Waals surface area contributed by atoms with Crippen LogP contribution in [0.5, 0.6) is 0 Å². The Morgan fingerprint density at radius 2 is 1.56 bits per heavy atom. The molecular formula is C27H27Cl3N2O2. The van der Waals surface area contributed by atoms with Gasteiger partial charge in [-0.25, -0.2) is 0 Å². The van der Waals surface area contributed by atoms with Gasteiger partial charge in [0, 0.05) is 24.5 Å². The topological polar surface area (TPSA) is 49.4 Å². The number of nitrogens with zero attached hydrogens (tertiary/aromatic N) is 1. The zero-order chi connectivity index (χ0) is 24.5. The predicted molar refractivity (Wildman–Crippen MR) is 139 cm³/mol. The van der Waals surface area contributed by atoms with Crippen LogP contribution >= 0.6 is 34.8 Å². The number of carbonyl (C=O) groups excluding carboxylic acids is 2. The lowest BCUT2D eigenvalue weighted by atomic mass is 10.0. The summed E-state index contributed by atoms with van der Waals surface area (Å²) in [6, 6.07) is 21.4. The van der Waals surface area contributed by atoms with Gasteiger partial charge < -0.3 is 10.2 Å². The van der Waals surface area contributed by atoms with Crippen molar-refractivity contribution in [3.8, 4) is 0 Å². The van der Waals surface area contributed by atoms with Crippen LogP contribution in [0.25, 0.3) is 0 Å². The molecule has 7 heteroatoms. The van der Waals surface area contributed by atoms with Gasteiger partial charge in [-0.15, -0.1) is 0 Å². The third-order valence-electron chi connectivity index (χ3n) is 5.46. The van der Waals surface area contributed by atoms with E-state index in [1.54, 1.807) is 29.2 Å². The molecule has 34 heavy (non-hydrogen) atoms. The number of amides is 2. The van der Waals surface area contributed by atoms with E-state index >= 15 is 0 Å². The Morgan fingerprint density at radius 3 is 2.24 bits per heavy atom. The average Bonchev–Trinajstić information content (AvgIpc) is 2.83. The number of nitrogens with one attached hydrogen (secondary N) is 1. The van der Waals surface area contributed by atoms with E-state index < -0.39 is 6.04 Å². The van der Waals surface area contributed by atoms with E-state index in [4.69, 9.17) is 34.8 Å². The summed E-state index contributed by atoms with van der Waals surface area (Å²) >= 11 is 18.6. The molecule has 3 aromatic carbocycles. The molecule has 4 nitrogen and oxygen atoms in total. The van der Waals surface area contributed by atoms with Gasteiger partial charge in [0.25, 0.3) is 0 Å². The Balaban J connectivity index is 1.97. The van der Waals surface area contributed by atoms with Crippen LogP contribution in [0.15, 0.2) is 72.8 Å². The van der Waals surface area contributed by atoms with Crippen molar-refractivity contribution in [1.82, 2.24) is 10.2 Å². The van der Waals surface area contributed by atoms with Crippen molar-refractivity contribution in [1.29, 1.82) is 0 Å². The number of halogens is 3. The maximum absolute atomic E-state index is 13.7. The first kappa shape index (κ1) is 26.1. The van der Waals surface area contributed by atoms with Gasteiger partial charge in [-0.1, -0.05) is 96.3 Å². The number of hydrogen-bond donors (Lipinski definition) is 1. The van der Waals surface area contributed by atoms with E-state index in [2.05, 4.69) is 5.32 Å². The Labute approximate surface area is 215 Å². The zero-order valence-electron chi connectivity index (χ0n) is 18.9. The van der Waals surface area contributed by atoms with Crippen LogP contribution in [0, 0.1) is 0 Å². The molecule has 0 radical (unpaired) electrons. The molecule has 0 saturated carbocycles. The first-order valence-corrected chi connectivity index (χ1v) is 12.3. The zero-order valence-corrected chi connectivity index (χ0v) is 21.2. The van der Waals surface area contributed by atoms with Gasteiger partial charge in [0.2, 0.25) is 11.8 Å². The molecular weight excluding hydrogens is 491 g/mol. The molecule has 0 aliphatic carbocycles. The van der Waals surface area contributed by atoms with Gasteiger partial charge in [-0.2, -0.15) is 0 Å². The van der Waals surface area contributed by atoms with Crippen LogP contribution in [-0.4, -0.2) is 29.3 Å². The van der Waals surface area contributed by atoms with E-state index in [0.717, 1.165) is 23.1 Å². The van der Waals surface area contributed by atoms with Gasteiger partial charge in [0.15, 0.2) is 0 Å². The first-order chi connectivity index (χ1) is 16.4. The van der Waals surface area contributed by atoms with Gasteiger partial charge in [-0.3, -0.25) is 9.59 Å². The summed E-state index contributed by atoms with van der Waals surface area (Å²) in [5.74, 6) is -0.397. The van der Waals surface area contributed by atoms with E-state index in [1.165, 1.54) is 0 Å². The summed E-state index contributed by atoms with van der Waals surface area (Å²) in [6.45, 7) is 2.73. The molecule has 1 atom stereocenters. The standard InChI is InChI=1S/C27H27Cl3N2O2/c1-2-14-31-27(34)25(16-19-8-4-3-5-9-19)32(18-21-10-6-7-11-22(21)28)26(33)17-20-12-13-23(29)24(30)15-20/h3-13,15,25H,2,14,16-18H2,1H3,(H,31,34)/t25-/m0/s1. The van der Waals surface area contributed by atoms with Gasteiger partial charge in [0.1, 0.15) is 6.04 Å². The van der Waals surface area contributed by atoms with Gasteiger partial charge >= 0.3 is 0 Å². The second-order valence-electron chi connectivity index (χ2n) is 8.03. The van der Waals surface area contributed by atoms with Crippen LogP contribution < -0.4 is 5.32 Å². The van der Waals surface area contributed by atoms with Crippen LogP contribution in [0.4, 0.5) is 0 Å². The quantitative estimate of drug-likeness (QED) is 0.340. The summed E-state index contributed by atoms with van der Waals surface area (Å²) in [4.78, 5) is 28.6. The molecule has 1 N–H and O–H groups in total. The smallest absolute Gasteiger partial charge is 0.243 e. The number of rotatable bonds is 10. The highest BCUT2D eigenvalue weighted by Crippen LogP contribution is 2.25. The molecule has 0 saturated heterocycles. The van der Waals surface area contributed by atoms with E-state index in [-0.39, 0.29) is 24.8 Å². The highest BCUT2D eigenvalue weighted by atomic mass is 35.5. The van der Waals surface area contributed by atoms with E-state index in [0.29, 0.717) is 28.0 Å². The lowest BCUT2D eigenvalue weighted by Gasteiger charge is -2.32. The lowest BCUT2D eigenvalue weighted by molar-refractivity contribution is -0.140. The molecule has 0 bridgehead atoms. The van der Waals surface area contributed by atoms with E-state index in [9.17, 15) is 9.59 Å². The minimum atomic E-state index is -0.708. The fourth-order valence-electron chi connectivity index (χ4n) is 3.66. The molecule has 3 aromatic rings. The van der Waals surface area contributed by atoms with Crippen LogP contribution in [0.2, 0.25) is 15.1 Å². The Bertz CT molecular complexity index is 1120. The molecule has 0 aromatic heterocycles. The molecule has 0 aliphatic heterocycles. The molecule has 3 rings (SSSR count). The highest BCUT2D eigenvalue weighted by molar-refractivity contribution is 6.42.